The van der Waals surface area contributed by atoms with Crippen molar-refractivity contribution in [3.63, 3.8) is 0 Å². The molecule has 1 aromatic heterocycles. The van der Waals surface area contributed by atoms with Gasteiger partial charge in [0.2, 0.25) is 0 Å². The van der Waals surface area contributed by atoms with Crippen LogP contribution in [-0.2, 0) is 10.8 Å². The van der Waals surface area contributed by atoms with Crippen molar-refractivity contribution >= 4 is 0 Å². The molecule has 1 aliphatic heterocycles. The highest BCUT2D eigenvalue weighted by atomic mass is 16.5. The van der Waals surface area contributed by atoms with Gasteiger partial charge in [-0.15, -0.1) is 0 Å². The van der Waals surface area contributed by atoms with E-state index < -0.39 is 5.41 Å². The van der Waals surface area contributed by atoms with E-state index in [0.717, 1.165) is 50.4 Å². The van der Waals surface area contributed by atoms with Crippen LogP contribution in [0.5, 0.6) is 11.5 Å². The van der Waals surface area contributed by atoms with Crippen molar-refractivity contribution in [2.45, 2.75) is 24.7 Å². The fourth-order valence-electron chi connectivity index (χ4n) is 10.1. The minimum Gasteiger partial charge on any atom is -0.457 e. The third-order valence-electron chi connectivity index (χ3n) is 12.8. The molecule has 8 aromatic carbocycles. The number of nitrogens with zero attached hydrogens (tertiary/aromatic N) is 3. The highest BCUT2D eigenvalue weighted by molar-refractivity contribution is 5.95. The zero-order chi connectivity index (χ0) is 39.3. The van der Waals surface area contributed by atoms with Gasteiger partial charge in [0.25, 0.3) is 0 Å². The van der Waals surface area contributed by atoms with Crippen molar-refractivity contribution in [3.05, 3.63) is 221 Å². The van der Waals surface area contributed by atoms with Gasteiger partial charge >= 0.3 is 0 Å². The Kier molecular flexibility index (Phi) is 7.16. The lowest BCUT2D eigenvalue weighted by Crippen LogP contribution is -2.35. The molecule has 0 N–H and O–H groups in total. The molecule has 1 atom stereocenters. The number of ether oxygens (including phenoxy) is 1. The Labute approximate surface area is 343 Å². The standard InChI is InChI=1S/C55H37N3O/c1-54(2)43-25-13-11-24-40(43)42-32-48-50(33-46(42)54)59-49-28-16-15-27-45(49)55(48)44-26-14-12-23-39(44)37-21-9-10-22-38(37)41-30-29-36(31-47(41)55)53-57-51(34-17-5-3-6-18-34)56-52(58-53)35-19-7-4-8-20-35/h3-33H,1-2H3. The lowest BCUT2D eigenvalue weighted by atomic mass is 9.61. The van der Waals surface area contributed by atoms with Crippen LogP contribution in [0.3, 0.4) is 0 Å². The van der Waals surface area contributed by atoms with Crippen molar-refractivity contribution in [2.75, 3.05) is 0 Å². The second kappa shape index (κ2) is 12.5. The number of rotatable bonds is 3. The molecule has 0 saturated heterocycles. The van der Waals surface area contributed by atoms with Crippen molar-refractivity contribution < 1.29 is 4.74 Å². The van der Waals surface area contributed by atoms with E-state index in [1.165, 1.54) is 44.5 Å². The van der Waals surface area contributed by atoms with Crippen molar-refractivity contribution in [3.8, 4) is 79.0 Å². The van der Waals surface area contributed by atoms with E-state index in [-0.39, 0.29) is 5.41 Å². The van der Waals surface area contributed by atoms with E-state index in [9.17, 15) is 0 Å². The fourth-order valence-corrected chi connectivity index (χ4v) is 10.1. The van der Waals surface area contributed by atoms with Crippen molar-refractivity contribution in [1.82, 2.24) is 15.0 Å². The molecule has 4 nitrogen and oxygen atoms in total. The highest BCUT2D eigenvalue weighted by Crippen LogP contribution is 2.63. The van der Waals surface area contributed by atoms with E-state index in [1.54, 1.807) is 0 Å². The molecule has 2 heterocycles. The first-order valence-corrected chi connectivity index (χ1v) is 20.3. The smallest absolute Gasteiger partial charge is 0.164 e. The largest absolute Gasteiger partial charge is 0.457 e. The molecule has 1 spiro atoms. The third kappa shape index (κ3) is 4.80. The number of fused-ring (bicyclic) bond motifs is 14. The number of aromatic nitrogens is 3. The summed E-state index contributed by atoms with van der Waals surface area (Å²) < 4.78 is 7.08. The molecule has 2 aliphatic carbocycles. The Morgan fingerprint density at radius 1 is 0.322 bits per heavy atom. The van der Waals surface area contributed by atoms with E-state index in [1.807, 2.05) is 36.4 Å². The molecular weight excluding hydrogens is 719 g/mol. The monoisotopic (exact) mass is 755 g/mol. The van der Waals surface area contributed by atoms with Crippen LogP contribution in [0.2, 0.25) is 0 Å². The van der Waals surface area contributed by atoms with E-state index >= 15 is 0 Å². The van der Waals surface area contributed by atoms with E-state index in [4.69, 9.17) is 19.7 Å². The molecule has 3 aliphatic rings. The molecule has 278 valence electrons. The van der Waals surface area contributed by atoms with E-state index in [0.29, 0.717) is 17.5 Å². The summed E-state index contributed by atoms with van der Waals surface area (Å²) in [5.74, 6) is 3.61. The summed E-state index contributed by atoms with van der Waals surface area (Å²) in [6.07, 6.45) is 0. The number of para-hydroxylation sites is 1. The Morgan fingerprint density at radius 3 is 1.46 bits per heavy atom. The molecule has 0 amide bonds. The van der Waals surface area contributed by atoms with Gasteiger partial charge in [-0.05, 0) is 79.9 Å². The third-order valence-corrected chi connectivity index (χ3v) is 12.8. The number of benzene rings is 8. The summed E-state index contributed by atoms with van der Waals surface area (Å²) in [6, 6.07) is 67.3. The Bertz CT molecular complexity index is 3110. The summed E-state index contributed by atoms with van der Waals surface area (Å²) in [7, 11) is 0. The van der Waals surface area contributed by atoms with Gasteiger partial charge in [0.05, 0.1) is 5.41 Å². The number of hydrogen-bond acceptors (Lipinski definition) is 4. The average molecular weight is 756 g/mol. The van der Waals surface area contributed by atoms with Gasteiger partial charge in [0, 0.05) is 33.2 Å². The second-order valence-corrected chi connectivity index (χ2v) is 16.3. The topological polar surface area (TPSA) is 47.9 Å². The maximum absolute atomic E-state index is 7.08. The molecule has 0 saturated carbocycles. The average Bonchev–Trinajstić information content (AvgIpc) is 3.46. The molecule has 9 aromatic rings. The predicted octanol–water partition coefficient (Wildman–Crippen LogP) is 13.3. The maximum Gasteiger partial charge on any atom is 0.164 e. The SMILES string of the molecule is CC1(C)c2ccccc2-c2cc3c(cc21)Oc1ccccc1C31c2ccccc2-c2ccccc2-c2ccc(-c3nc(-c4ccccc4)nc(-c4ccccc4)n3)cc21. The van der Waals surface area contributed by atoms with Gasteiger partial charge in [-0.25, -0.2) is 15.0 Å². The molecule has 59 heavy (non-hydrogen) atoms. The summed E-state index contributed by atoms with van der Waals surface area (Å²) >= 11 is 0. The molecule has 12 rings (SSSR count). The first-order valence-electron chi connectivity index (χ1n) is 20.3. The van der Waals surface area contributed by atoms with Crippen LogP contribution in [0, 0.1) is 0 Å². The van der Waals surface area contributed by atoms with Crippen molar-refractivity contribution in [1.29, 1.82) is 0 Å². The van der Waals surface area contributed by atoms with Crippen molar-refractivity contribution in [2.24, 2.45) is 0 Å². The van der Waals surface area contributed by atoms with Crippen LogP contribution < -0.4 is 4.74 Å². The van der Waals surface area contributed by atoms with Gasteiger partial charge in [0.15, 0.2) is 17.5 Å². The molecule has 0 fully saturated rings. The zero-order valence-corrected chi connectivity index (χ0v) is 32.6. The van der Waals surface area contributed by atoms with Gasteiger partial charge in [-0.2, -0.15) is 0 Å². The van der Waals surface area contributed by atoms with Gasteiger partial charge in [-0.3, -0.25) is 0 Å². The molecule has 0 radical (unpaired) electrons. The minimum absolute atomic E-state index is 0.192. The van der Waals surface area contributed by atoms with Crippen LogP contribution >= 0.6 is 0 Å². The quantitative estimate of drug-likeness (QED) is 0.180. The Hall–Kier alpha value is -7.43. The van der Waals surface area contributed by atoms with Crippen LogP contribution in [-0.4, -0.2) is 15.0 Å². The van der Waals surface area contributed by atoms with Gasteiger partial charge in [0.1, 0.15) is 11.5 Å². The van der Waals surface area contributed by atoms with Crippen LogP contribution in [0.25, 0.3) is 67.5 Å². The fraction of sp³-hybridized carbons (Fsp3) is 0.0727. The molecule has 1 unspecified atom stereocenters. The molecular formula is C55H37N3O. The minimum atomic E-state index is -0.792. The number of hydrogen-bond donors (Lipinski definition) is 0. The summed E-state index contributed by atoms with van der Waals surface area (Å²) in [6.45, 7) is 4.66. The van der Waals surface area contributed by atoms with Crippen LogP contribution in [0.1, 0.15) is 47.2 Å². The maximum atomic E-state index is 7.08. The lowest BCUT2D eigenvalue weighted by molar-refractivity contribution is 0.433. The Morgan fingerprint density at radius 2 is 0.814 bits per heavy atom. The summed E-state index contributed by atoms with van der Waals surface area (Å²) in [5, 5.41) is 0. The highest BCUT2D eigenvalue weighted by Gasteiger charge is 2.51. The molecule has 4 heteroatoms. The van der Waals surface area contributed by atoms with Gasteiger partial charge in [-0.1, -0.05) is 178 Å². The van der Waals surface area contributed by atoms with Gasteiger partial charge < -0.3 is 4.74 Å². The summed E-state index contributed by atoms with van der Waals surface area (Å²) in [5.41, 5.74) is 16.2. The van der Waals surface area contributed by atoms with Crippen LogP contribution in [0.4, 0.5) is 0 Å². The first kappa shape index (κ1) is 33.7. The predicted molar refractivity (Wildman–Crippen MR) is 237 cm³/mol. The lowest BCUT2D eigenvalue weighted by Gasteiger charge is -2.43. The molecule has 0 bridgehead atoms. The summed E-state index contributed by atoms with van der Waals surface area (Å²) in [4.78, 5) is 15.5. The second-order valence-electron chi connectivity index (χ2n) is 16.3. The van der Waals surface area contributed by atoms with E-state index in [2.05, 4.69) is 166 Å². The van der Waals surface area contributed by atoms with Crippen LogP contribution in [0.15, 0.2) is 188 Å². The first-order chi connectivity index (χ1) is 29.0. The Balaban J connectivity index is 1.22. The zero-order valence-electron chi connectivity index (χ0n) is 32.6. The normalized spacial score (nSPS) is 16.0.